The highest BCUT2D eigenvalue weighted by Crippen LogP contribution is 2.29. The van der Waals surface area contributed by atoms with Crippen molar-refractivity contribution in [1.82, 2.24) is 14.1 Å². The second-order valence-corrected chi connectivity index (χ2v) is 8.16. The Kier molecular flexibility index (Phi) is 8.23. The molecule has 0 aliphatic rings. The summed E-state index contributed by atoms with van der Waals surface area (Å²) in [6.45, 7) is 0.231. The normalized spacial score (nSPS) is 11.9. The molecule has 0 saturated carbocycles. The van der Waals surface area contributed by atoms with Crippen LogP contribution in [0.15, 0.2) is 52.1 Å². The highest BCUT2D eigenvalue weighted by Gasteiger charge is 2.20. The molecule has 0 aliphatic heterocycles. The molecule has 1 heterocycles. The van der Waals surface area contributed by atoms with Gasteiger partial charge in [-0.2, -0.15) is 13.8 Å². The number of methoxy groups -OCH3 is 1. The maximum atomic E-state index is 13.3. The third-order valence-corrected chi connectivity index (χ3v) is 5.37. The molecule has 3 rings (SSSR count). The topological polar surface area (TPSA) is 104 Å². The third-order valence-electron chi connectivity index (χ3n) is 5.08. The van der Waals surface area contributed by atoms with E-state index in [4.69, 9.17) is 11.6 Å². The zero-order valence-corrected chi connectivity index (χ0v) is 19.9. The lowest BCUT2D eigenvalue weighted by atomic mass is 10.1. The highest BCUT2D eigenvalue weighted by molar-refractivity contribution is 6.32. The number of hydrogen-bond donors (Lipinski definition) is 1. The summed E-state index contributed by atoms with van der Waals surface area (Å²) in [6.07, 6.45) is 0. The fourth-order valence-corrected chi connectivity index (χ4v) is 3.47. The van der Waals surface area contributed by atoms with Crippen LogP contribution in [0.1, 0.15) is 18.1 Å². The highest BCUT2D eigenvalue weighted by atomic mass is 35.5. The van der Waals surface area contributed by atoms with Gasteiger partial charge in [-0.15, -0.1) is 0 Å². The fraction of sp³-hybridized carbons (Fsp3) is 0.304. The molecule has 0 aliphatic carbocycles. The lowest BCUT2D eigenvalue weighted by Crippen LogP contribution is -2.44. The van der Waals surface area contributed by atoms with Gasteiger partial charge in [-0.05, 0) is 30.7 Å². The molecule has 9 nitrogen and oxygen atoms in total. The molecule has 2 aromatic carbocycles. The minimum Gasteiger partial charge on any atom is -0.469 e. The molecule has 1 aromatic heterocycles. The smallest absolute Gasteiger partial charge is 0.387 e. The van der Waals surface area contributed by atoms with Crippen molar-refractivity contribution in [2.24, 2.45) is 5.92 Å². The van der Waals surface area contributed by atoms with Crippen molar-refractivity contribution < 1.29 is 23.0 Å². The van der Waals surface area contributed by atoms with E-state index in [1.807, 2.05) is 31.2 Å². The Bertz CT molecular complexity index is 1320. The van der Waals surface area contributed by atoms with Gasteiger partial charge in [-0.3, -0.25) is 9.36 Å². The largest absolute Gasteiger partial charge is 0.469 e. The second kappa shape index (κ2) is 11.1. The summed E-state index contributed by atoms with van der Waals surface area (Å²) in [4.78, 5) is 41.9. The van der Waals surface area contributed by atoms with Gasteiger partial charge in [0.1, 0.15) is 5.75 Å². The van der Waals surface area contributed by atoms with E-state index in [-0.39, 0.29) is 35.5 Å². The second-order valence-electron chi connectivity index (χ2n) is 7.76. The Labute approximate surface area is 203 Å². The number of hydrogen-bond acceptors (Lipinski definition) is 7. The first-order valence-electron chi connectivity index (χ1n) is 10.5. The molecule has 0 amide bonds. The van der Waals surface area contributed by atoms with Crippen LogP contribution >= 0.6 is 11.6 Å². The van der Waals surface area contributed by atoms with Gasteiger partial charge in [0.25, 0.3) is 0 Å². The zero-order chi connectivity index (χ0) is 25.7. The Morgan fingerprint density at radius 3 is 2.43 bits per heavy atom. The number of nitrogens with one attached hydrogen (secondary N) is 1. The zero-order valence-electron chi connectivity index (χ0n) is 19.1. The van der Waals surface area contributed by atoms with Crippen LogP contribution in [0.25, 0.3) is 0 Å². The monoisotopic (exact) mass is 508 g/mol. The Balaban J connectivity index is 2.04. The Morgan fingerprint density at radius 1 is 1.14 bits per heavy atom. The van der Waals surface area contributed by atoms with Gasteiger partial charge in [-0.25, -0.2) is 14.2 Å². The summed E-state index contributed by atoms with van der Waals surface area (Å²) in [5.74, 6) is -1.67. The van der Waals surface area contributed by atoms with Gasteiger partial charge in [0.2, 0.25) is 5.95 Å². The number of ether oxygens (including phenoxy) is 2. The summed E-state index contributed by atoms with van der Waals surface area (Å²) < 4.78 is 36.1. The summed E-state index contributed by atoms with van der Waals surface area (Å²) in [5, 5.41) is 2.73. The van der Waals surface area contributed by atoms with Crippen LogP contribution in [-0.4, -0.2) is 33.8 Å². The van der Waals surface area contributed by atoms with E-state index in [9.17, 15) is 23.2 Å². The van der Waals surface area contributed by atoms with E-state index in [2.05, 4.69) is 19.8 Å². The van der Waals surface area contributed by atoms with Crippen molar-refractivity contribution in [3.05, 3.63) is 79.6 Å². The number of carbonyl (C=O) groups excluding carboxylic acids is 1. The van der Waals surface area contributed by atoms with Crippen molar-refractivity contribution in [3.8, 4) is 5.75 Å². The number of alkyl halides is 2. The van der Waals surface area contributed by atoms with Crippen molar-refractivity contribution in [3.63, 3.8) is 0 Å². The molecule has 0 unspecified atom stereocenters. The lowest BCUT2D eigenvalue weighted by molar-refractivity contribution is -0.145. The lowest BCUT2D eigenvalue weighted by Gasteiger charge is -2.17. The summed E-state index contributed by atoms with van der Waals surface area (Å²) in [6, 6.07) is 11.3. The molecule has 0 saturated heterocycles. The first-order valence-corrected chi connectivity index (χ1v) is 10.8. The third kappa shape index (κ3) is 6.44. The van der Waals surface area contributed by atoms with Crippen LogP contribution in [0.4, 0.5) is 20.4 Å². The quantitative estimate of drug-likeness (QED) is 0.441. The minimum atomic E-state index is -3.05. The number of anilines is 2. The molecule has 186 valence electrons. The molecule has 0 fully saturated rings. The predicted molar refractivity (Wildman–Crippen MR) is 126 cm³/mol. The predicted octanol–water partition coefficient (Wildman–Crippen LogP) is 3.57. The fourth-order valence-electron chi connectivity index (χ4n) is 3.25. The molecule has 0 spiro atoms. The first kappa shape index (κ1) is 25.9. The first-order chi connectivity index (χ1) is 16.6. The SMILES string of the molecule is COC(=O)[C@@H](C)Cn1c(=O)nc(Nc2ccc(OC(F)F)c(Cl)c2)n(Cc2ccc(C)cc2)c1=O. The maximum absolute atomic E-state index is 13.3. The number of rotatable bonds is 9. The number of aryl methyl sites for hydroxylation is 1. The van der Waals surface area contributed by atoms with Crippen molar-refractivity contribution in [1.29, 1.82) is 0 Å². The molecule has 0 radical (unpaired) electrons. The molecular formula is C23H23ClF2N4O5. The van der Waals surface area contributed by atoms with Crippen LogP contribution < -0.4 is 21.4 Å². The minimum absolute atomic E-state index is 0.0572. The van der Waals surface area contributed by atoms with Crippen LogP contribution in [0, 0.1) is 12.8 Å². The summed E-state index contributed by atoms with van der Waals surface area (Å²) in [7, 11) is 1.21. The Morgan fingerprint density at radius 2 is 1.83 bits per heavy atom. The average Bonchev–Trinajstić information content (AvgIpc) is 2.81. The summed E-state index contributed by atoms with van der Waals surface area (Å²) in [5.41, 5.74) is 0.480. The number of carbonyl (C=O) groups is 1. The van der Waals surface area contributed by atoms with E-state index in [0.717, 1.165) is 15.7 Å². The maximum Gasteiger partial charge on any atom is 0.387 e. The molecule has 35 heavy (non-hydrogen) atoms. The molecule has 12 heteroatoms. The van der Waals surface area contributed by atoms with Gasteiger partial charge < -0.3 is 14.8 Å². The van der Waals surface area contributed by atoms with Gasteiger partial charge in [0, 0.05) is 12.2 Å². The molecular weight excluding hydrogens is 486 g/mol. The number of benzene rings is 2. The van der Waals surface area contributed by atoms with Crippen LogP contribution in [-0.2, 0) is 22.6 Å². The number of esters is 1. The van der Waals surface area contributed by atoms with Crippen LogP contribution in [0.3, 0.4) is 0 Å². The van der Waals surface area contributed by atoms with E-state index >= 15 is 0 Å². The molecule has 1 atom stereocenters. The number of aromatic nitrogens is 3. The van der Waals surface area contributed by atoms with Crippen molar-refractivity contribution >= 4 is 29.2 Å². The number of halogens is 3. The van der Waals surface area contributed by atoms with E-state index < -0.39 is 29.9 Å². The van der Waals surface area contributed by atoms with Gasteiger partial charge in [-0.1, -0.05) is 48.4 Å². The van der Waals surface area contributed by atoms with Crippen LogP contribution in [0.5, 0.6) is 5.75 Å². The van der Waals surface area contributed by atoms with E-state index in [0.29, 0.717) is 0 Å². The number of nitrogens with zero attached hydrogens (tertiary/aromatic N) is 3. The van der Waals surface area contributed by atoms with Crippen LogP contribution in [0.2, 0.25) is 5.02 Å². The Hall–Kier alpha value is -3.73. The van der Waals surface area contributed by atoms with E-state index in [1.54, 1.807) is 0 Å². The molecule has 0 bridgehead atoms. The van der Waals surface area contributed by atoms with Gasteiger partial charge in [0.05, 0.1) is 24.6 Å². The molecule has 1 N–H and O–H groups in total. The van der Waals surface area contributed by atoms with Gasteiger partial charge >= 0.3 is 24.0 Å². The molecule has 3 aromatic rings. The van der Waals surface area contributed by atoms with Crippen molar-refractivity contribution in [2.45, 2.75) is 33.5 Å². The standard InChI is InChI=1S/C23H23ClF2N4O5/c1-13-4-6-15(7-5-13)12-29-21(27-16-8-9-18(17(24)10-16)35-20(25)26)28-22(32)30(23(29)33)11-14(2)19(31)34-3/h4-10,14,20H,11-12H2,1-3H3,(H,27,28,32)/t14-/m0/s1. The van der Waals surface area contributed by atoms with Gasteiger partial charge in [0.15, 0.2) is 0 Å². The average molecular weight is 509 g/mol. The van der Waals surface area contributed by atoms with Crippen molar-refractivity contribution in [2.75, 3.05) is 12.4 Å². The summed E-state index contributed by atoms with van der Waals surface area (Å²) >= 11 is 6.02. The van der Waals surface area contributed by atoms with E-state index in [1.165, 1.54) is 36.8 Å².